The summed E-state index contributed by atoms with van der Waals surface area (Å²) in [6.07, 6.45) is 4.19. The molecule has 1 heterocycles. The Hall–Kier alpha value is -3.73. The maximum atomic E-state index is 5.92. The van der Waals surface area contributed by atoms with E-state index in [1.165, 1.54) is 16.8 Å². The molecule has 0 unspecified atom stereocenters. The number of anilines is 1. The van der Waals surface area contributed by atoms with Crippen molar-refractivity contribution >= 4 is 23.2 Å². The van der Waals surface area contributed by atoms with Crippen LogP contribution in [0.5, 0.6) is 23.0 Å². The first-order valence-corrected chi connectivity index (χ1v) is 11.5. The molecule has 176 valence electrons. The SMILES string of the molecule is CCN1c2cc(OC)c(C=Nc3ccc(Oc4cccc(OC)c4)cc3)cc2C(C)=CC1(C)C. The Morgan fingerprint density at radius 3 is 2.32 bits per heavy atom. The molecule has 34 heavy (non-hydrogen) atoms. The first kappa shape index (κ1) is 23.4. The molecule has 0 radical (unpaired) electrons. The van der Waals surface area contributed by atoms with Crippen molar-refractivity contribution in [2.24, 2.45) is 4.99 Å². The molecule has 0 fully saturated rings. The highest BCUT2D eigenvalue weighted by Gasteiger charge is 2.31. The van der Waals surface area contributed by atoms with Crippen LogP contribution in [0.3, 0.4) is 0 Å². The van der Waals surface area contributed by atoms with Gasteiger partial charge in [0.05, 0.1) is 25.4 Å². The van der Waals surface area contributed by atoms with Gasteiger partial charge in [0.25, 0.3) is 0 Å². The summed E-state index contributed by atoms with van der Waals surface area (Å²) in [6.45, 7) is 9.76. The van der Waals surface area contributed by atoms with Gasteiger partial charge in [-0.1, -0.05) is 12.1 Å². The van der Waals surface area contributed by atoms with Crippen LogP contribution >= 0.6 is 0 Å². The average molecular weight is 457 g/mol. The van der Waals surface area contributed by atoms with Crippen molar-refractivity contribution in [3.05, 3.63) is 77.9 Å². The molecule has 0 aromatic heterocycles. The molecule has 0 saturated heterocycles. The second kappa shape index (κ2) is 9.64. The summed E-state index contributed by atoms with van der Waals surface area (Å²) in [4.78, 5) is 7.09. The third kappa shape index (κ3) is 4.79. The molecule has 3 aromatic rings. The number of aliphatic imine (C=N–C) groups is 1. The van der Waals surface area contributed by atoms with Crippen LogP contribution in [0.2, 0.25) is 0 Å². The van der Waals surface area contributed by atoms with Crippen LogP contribution in [-0.2, 0) is 0 Å². The van der Waals surface area contributed by atoms with Gasteiger partial charge in [-0.25, -0.2) is 0 Å². The van der Waals surface area contributed by atoms with Crippen LogP contribution in [0.25, 0.3) is 5.57 Å². The second-order valence-electron chi connectivity index (χ2n) is 8.87. The molecule has 0 spiro atoms. The Morgan fingerprint density at radius 1 is 0.912 bits per heavy atom. The van der Waals surface area contributed by atoms with Gasteiger partial charge >= 0.3 is 0 Å². The quantitative estimate of drug-likeness (QED) is 0.351. The van der Waals surface area contributed by atoms with Crippen molar-refractivity contribution in [1.29, 1.82) is 0 Å². The Kier molecular flexibility index (Phi) is 6.64. The predicted molar refractivity (Wildman–Crippen MR) is 141 cm³/mol. The lowest BCUT2D eigenvalue weighted by Crippen LogP contribution is -2.44. The van der Waals surface area contributed by atoms with E-state index in [1.54, 1.807) is 14.2 Å². The summed E-state index contributed by atoms with van der Waals surface area (Å²) in [5.41, 5.74) is 5.41. The number of allylic oxidation sites excluding steroid dienone is 1. The van der Waals surface area contributed by atoms with Crippen molar-refractivity contribution in [3.8, 4) is 23.0 Å². The van der Waals surface area contributed by atoms with E-state index >= 15 is 0 Å². The minimum absolute atomic E-state index is 0.0405. The van der Waals surface area contributed by atoms with Gasteiger partial charge in [0.1, 0.15) is 23.0 Å². The molecule has 3 aromatic carbocycles. The fraction of sp³-hybridized carbons (Fsp3) is 0.276. The number of benzene rings is 3. The molecule has 5 heteroatoms. The van der Waals surface area contributed by atoms with E-state index in [0.29, 0.717) is 0 Å². The normalized spacial score (nSPS) is 14.5. The summed E-state index contributed by atoms with van der Waals surface area (Å²) < 4.78 is 16.9. The summed E-state index contributed by atoms with van der Waals surface area (Å²) in [6, 6.07) is 19.5. The van der Waals surface area contributed by atoms with E-state index in [9.17, 15) is 0 Å². The Morgan fingerprint density at radius 2 is 1.65 bits per heavy atom. The molecule has 0 saturated carbocycles. The van der Waals surface area contributed by atoms with Crippen LogP contribution in [0, 0.1) is 0 Å². The van der Waals surface area contributed by atoms with Gasteiger partial charge in [-0.2, -0.15) is 0 Å². The maximum absolute atomic E-state index is 5.92. The zero-order valence-corrected chi connectivity index (χ0v) is 20.8. The number of nitrogens with zero attached hydrogens (tertiary/aromatic N) is 2. The van der Waals surface area contributed by atoms with Crippen LogP contribution in [0.4, 0.5) is 11.4 Å². The van der Waals surface area contributed by atoms with Gasteiger partial charge in [-0.15, -0.1) is 0 Å². The Labute approximate surface area is 202 Å². The molecule has 0 atom stereocenters. The largest absolute Gasteiger partial charge is 0.497 e. The van der Waals surface area contributed by atoms with E-state index in [1.807, 2.05) is 54.7 Å². The topological polar surface area (TPSA) is 43.3 Å². The fourth-order valence-corrected chi connectivity index (χ4v) is 4.52. The van der Waals surface area contributed by atoms with E-state index in [2.05, 4.69) is 55.8 Å². The number of hydrogen-bond donors (Lipinski definition) is 0. The predicted octanol–water partition coefficient (Wildman–Crippen LogP) is 7.27. The molecule has 0 amide bonds. The molecule has 4 rings (SSSR count). The standard InChI is InChI=1S/C29H32N2O3/c1-7-31-27-17-28(33-6)21(15-26(27)20(2)18-29(31,3)4)19-30-22-11-13-23(14-12-22)34-25-10-8-9-24(16-25)32-5/h8-19H,7H2,1-6H3. The Bertz CT molecular complexity index is 1230. The molecular weight excluding hydrogens is 424 g/mol. The first-order valence-electron chi connectivity index (χ1n) is 11.5. The molecule has 1 aliphatic heterocycles. The average Bonchev–Trinajstić information content (AvgIpc) is 2.83. The van der Waals surface area contributed by atoms with E-state index < -0.39 is 0 Å². The van der Waals surface area contributed by atoms with Crippen molar-refractivity contribution in [2.75, 3.05) is 25.7 Å². The lowest BCUT2D eigenvalue weighted by Gasteiger charge is -2.43. The number of methoxy groups -OCH3 is 2. The van der Waals surface area contributed by atoms with E-state index in [4.69, 9.17) is 14.2 Å². The number of fused-ring (bicyclic) bond motifs is 1. The van der Waals surface area contributed by atoms with Crippen LogP contribution in [0.15, 0.2) is 71.7 Å². The fourth-order valence-electron chi connectivity index (χ4n) is 4.52. The zero-order chi connectivity index (χ0) is 24.3. The minimum atomic E-state index is -0.0405. The summed E-state index contributed by atoms with van der Waals surface area (Å²) >= 11 is 0. The number of ether oxygens (including phenoxy) is 3. The zero-order valence-electron chi connectivity index (χ0n) is 20.8. The van der Waals surface area contributed by atoms with Gasteiger partial charge in [0.2, 0.25) is 0 Å². The maximum Gasteiger partial charge on any atom is 0.131 e. The smallest absolute Gasteiger partial charge is 0.131 e. The van der Waals surface area contributed by atoms with Gasteiger partial charge < -0.3 is 19.1 Å². The van der Waals surface area contributed by atoms with Crippen molar-refractivity contribution < 1.29 is 14.2 Å². The number of hydrogen-bond acceptors (Lipinski definition) is 5. The minimum Gasteiger partial charge on any atom is -0.497 e. The Balaban J connectivity index is 1.57. The first-order chi connectivity index (χ1) is 16.3. The lowest BCUT2D eigenvalue weighted by molar-refractivity contribution is 0.409. The summed E-state index contributed by atoms with van der Waals surface area (Å²) in [5.74, 6) is 3.03. The number of rotatable bonds is 7. The van der Waals surface area contributed by atoms with Crippen LogP contribution in [-0.4, -0.2) is 32.5 Å². The van der Waals surface area contributed by atoms with Crippen LogP contribution < -0.4 is 19.1 Å². The second-order valence-corrected chi connectivity index (χ2v) is 8.87. The molecular formula is C29H32N2O3. The highest BCUT2D eigenvalue weighted by atomic mass is 16.5. The molecule has 5 nitrogen and oxygen atoms in total. The third-order valence-electron chi connectivity index (χ3n) is 6.11. The summed E-state index contributed by atoms with van der Waals surface area (Å²) in [5, 5.41) is 0. The highest BCUT2D eigenvalue weighted by molar-refractivity contribution is 5.92. The monoisotopic (exact) mass is 456 g/mol. The van der Waals surface area contributed by atoms with E-state index in [-0.39, 0.29) is 5.54 Å². The van der Waals surface area contributed by atoms with Gasteiger partial charge in [-0.05, 0) is 75.7 Å². The van der Waals surface area contributed by atoms with Crippen molar-refractivity contribution in [1.82, 2.24) is 0 Å². The van der Waals surface area contributed by atoms with Gasteiger partial charge in [0, 0.05) is 41.7 Å². The third-order valence-corrected chi connectivity index (χ3v) is 6.11. The van der Waals surface area contributed by atoms with Crippen molar-refractivity contribution in [3.63, 3.8) is 0 Å². The van der Waals surface area contributed by atoms with E-state index in [0.717, 1.165) is 40.8 Å². The number of likely N-dealkylation sites (N-methyl/N-ethyl adjacent to an activating group) is 1. The summed E-state index contributed by atoms with van der Waals surface area (Å²) in [7, 11) is 3.35. The molecule has 0 N–H and O–H groups in total. The molecule has 1 aliphatic rings. The van der Waals surface area contributed by atoms with Crippen LogP contribution in [0.1, 0.15) is 38.8 Å². The molecule has 0 aliphatic carbocycles. The van der Waals surface area contributed by atoms with Gasteiger partial charge in [0.15, 0.2) is 0 Å². The lowest BCUT2D eigenvalue weighted by atomic mass is 9.88. The van der Waals surface area contributed by atoms with Gasteiger partial charge in [-0.3, -0.25) is 4.99 Å². The highest BCUT2D eigenvalue weighted by Crippen LogP contribution is 2.41. The molecule has 0 bridgehead atoms. The van der Waals surface area contributed by atoms with Crippen molar-refractivity contribution in [2.45, 2.75) is 33.2 Å².